The van der Waals surface area contributed by atoms with Gasteiger partial charge in [-0.1, -0.05) is 36.4 Å². The van der Waals surface area contributed by atoms with Crippen LogP contribution < -0.4 is 9.47 Å². The summed E-state index contributed by atoms with van der Waals surface area (Å²) in [5.74, 6) is 1.25. The Morgan fingerprint density at radius 3 is 2.33 bits per heavy atom. The van der Waals surface area contributed by atoms with E-state index in [1.54, 1.807) is 20.3 Å². The summed E-state index contributed by atoms with van der Waals surface area (Å²) in [5.41, 5.74) is 2.36. The summed E-state index contributed by atoms with van der Waals surface area (Å²) < 4.78 is 10.6. The van der Waals surface area contributed by atoms with Crippen molar-refractivity contribution in [1.29, 1.82) is 5.26 Å². The maximum absolute atomic E-state index is 9.55. The Balaban J connectivity index is 2.04. The lowest BCUT2D eigenvalue weighted by Crippen LogP contribution is -1.92. The molecule has 0 aliphatic carbocycles. The Morgan fingerprint density at radius 2 is 1.62 bits per heavy atom. The lowest BCUT2D eigenvalue weighted by atomic mass is 10.0. The van der Waals surface area contributed by atoms with Crippen LogP contribution in [0.3, 0.4) is 0 Å². The summed E-state index contributed by atoms with van der Waals surface area (Å²) >= 11 is 0. The highest BCUT2D eigenvalue weighted by atomic mass is 16.5. The largest absolute Gasteiger partial charge is 0.493 e. The number of allylic oxidation sites excluding steroid dienone is 1. The molecule has 0 heterocycles. The van der Waals surface area contributed by atoms with E-state index in [0.717, 1.165) is 16.5 Å². The molecule has 24 heavy (non-hydrogen) atoms. The van der Waals surface area contributed by atoms with Crippen LogP contribution in [0.5, 0.6) is 11.5 Å². The maximum Gasteiger partial charge on any atom is 0.161 e. The molecule has 0 aliphatic rings. The molecular weight excluding hydrogens is 298 g/mol. The molecule has 0 fully saturated rings. The third-order valence-electron chi connectivity index (χ3n) is 3.90. The van der Waals surface area contributed by atoms with Gasteiger partial charge >= 0.3 is 0 Å². The molecule has 0 radical (unpaired) electrons. The van der Waals surface area contributed by atoms with Crippen molar-refractivity contribution in [2.75, 3.05) is 14.2 Å². The van der Waals surface area contributed by atoms with Gasteiger partial charge in [-0.2, -0.15) is 5.26 Å². The highest BCUT2D eigenvalue weighted by Gasteiger charge is 2.08. The van der Waals surface area contributed by atoms with Crippen molar-refractivity contribution in [2.24, 2.45) is 0 Å². The van der Waals surface area contributed by atoms with Crippen LogP contribution in [-0.2, 0) is 0 Å². The first-order valence-electron chi connectivity index (χ1n) is 7.58. The molecule has 0 spiro atoms. The number of fused-ring (bicyclic) bond motifs is 1. The number of benzene rings is 3. The first-order chi connectivity index (χ1) is 11.7. The zero-order chi connectivity index (χ0) is 16.9. The van der Waals surface area contributed by atoms with Gasteiger partial charge in [0, 0.05) is 0 Å². The first-order valence-corrected chi connectivity index (χ1v) is 7.58. The lowest BCUT2D eigenvalue weighted by molar-refractivity contribution is 0.355. The molecule has 118 valence electrons. The van der Waals surface area contributed by atoms with Gasteiger partial charge in [0.25, 0.3) is 0 Å². The van der Waals surface area contributed by atoms with Crippen LogP contribution in [0, 0.1) is 11.3 Å². The zero-order valence-corrected chi connectivity index (χ0v) is 13.6. The molecule has 0 aliphatic heterocycles. The average molecular weight is 315 g/mol. The van der Waals surface area contributed by atoms with Crippen LogP contribution in [0.25, 0.3) is 22.4 Å². The van der Waals surface area contributed by atoms with Gasteiger partial charge in [-0.15, -0.1) is 0 Å². The van der Waals surface area contributed by atoms with Crippen LogP contribution in [0.4, 0.5) is 0 Å². The molecule has 0 saturated carbocycles. The molecule has 0 amide bonds. The zero-order valence-electron chi connectivity index (χ0n) is 13.6. The fraction of sp³-hybridized carbons (Fsp3) is 0.0952. The average Bonchev–Trinajstić information content (AvgIpc) is 2.65. The van der Waals surface area contributed by atoms with E-state index >= 15 is 0 Å². The van der Waals surface area contributed by atoms with Gasteiger partial charge in [0.1, 0.15) is 0 Å². The van der Waals surface area contributed by atoms with Crippen molar-refractivity contribution in [1.82, 2.24) is 0 Å². The van der Waals surface area contributed by atoms with E-state index in [1.165, 1.54) is 5.39 Å². The number of nitrogens with zero attached hydrogens (tertiary/aromatic N) is 1. The summed E-state index contributed by atoms with van der Waals surface area (Å²) in [6.45, 7) is 0. The second-order valence-electron chi connectivity index (χ2n) is 5.35. The first kappa shape index (κ1) is 15.6. The Bertz CT molecular complexity index is 951. The number of hydrogen-bond acceptors (Lipinski definition) is 3. The Kier molecular flexibility index (Phi) is 4.49. The monoisotopic (exact) mass is 315 g/mol. The van der Waals surface area contributed by atoms with E-state index in [9.17, 15) is 5.26 Å². The van der Waals surface area contributed by atoms with Crippen molar-refractivity contribution >= 4 is 22.4 Å². The second kappa shape index (κ2) is 6.89. The van der Waals surface area contributed by atoms with Gasteiger partial charge in [0.05, 0.1) is 25.9 Å². The maximum atomic E-state index is 9.55. The Hall–Kier alpha value is -3.25. The molecule has 3 aromatic rings. The van der Waals surface area contributed by atoms with Crippen molar-refractivity contribution in [3.63, 3.8) is 0 Å². The number of rotatable bonds is 4. The van der Waals surface area contributed by atoms with Crippen LogP contribution in [0.2, 0.25) is 0 Å². The fourth-order valence-electron chi connectivity index (χ4n) is 2.65. The summed E-state index contributed by atoms with van der Waals surface area (Å²) in [6.07, 6.45) is 1.88. The molecule has 0 bridgehead atoms. The third kappa shape index (κ3) is 3.09. The second-order valence-corrected chi connectivity index (χ2v) is 5.35. The topological polar surface area (TPSA) is 42.2 Å². The van der Waals surface area contributed by atoms with Crippen LogP contribution >= 0.6 is 0 Å². The Labute approximate surface area is 141 Å². The molecule has 0 unspecified atom stereocenters. The van der Waals surface area contributed by atoms with Gasteiger partial charge in [0.15, 0.2) is 11.5 Å². The molecule has 0 aromatic heterocycles. The van der Waals surface area contributed by atoms with Crippen molar-refractivity contribution in [3.8, 4) is 17.6 Å². The number of methoxy groups -OCH3 is 2. The smallest absolute Gasteiger partial charge is 0.161 e. The van der Waals surface area contributed by atoms with Crippen LogP contribution in [0.1, 0.15) is 11.1 Å². The summed E-state index contributed by atoms with van der Waals surface area (Å²) in [7, 11) is 3.17. The van der Waals surface area contributed by atoms with E-state index < -0.39 is 0 Å². The highest BCUT2D eigenvalue weighted by molar-refractivity contribution is 5.93. The SMILES string of the molecule is COc1ccc(C(C#N)=Cc2ccc3ccccc3c2)cc1OC. The predicted octanol–water partition coefficient (Wildman–Crippen LogP) is 4.92. The molecule has 0 atom stereocenters. The van der Waals surface area contributed by atoms with Gasteiger partial charge in [0.2, 0.25) is 0 Å². The molecule has 3 aromatic carbocycles. The molecular formula is C21H17NO2. The number of nitriles is 1. The number of ether oxygens (including phenoxy) is 2. The van der Waals surface area contributed by atoms with E-state index in [-0.39, 0.29) is 0 Å². The Morgan fingerprint density at radius 1 is 0.875 bits per heavy atom. The van der Waals surface area contributed by atoms with Crippen molar-refractivity contribution < 1.29 is 9.47 Å². The molecule has 3 nitrogen and oxygen atoms in total. The molecule has 0 saturated heterocycles. The van der Waals surface area contributed by atoms with Crippen molar-refractivity contribution in [2.45, 2.75) is 0 Å². The van der Waals surface area contributed by atoms with Crippen molar-refractivity contribution in [3.05, 3.63) is 71.8 Å². The van der Waals surface area contributed by atoms with E-state index in [2.05, 4.69) is 30.3 Å². The van der Waals surface area contributed by atoms with Gasteiger partial charge in [-0.25, -0.2) is 0 Å². The van der Waals surface area contributed by atoms with Gasteiger partial charge < -0.3 is 9.47 Å². The third-order valence-corrected chi connectivity index (χ3v) is 3.90. The van der Waals surface area contributed by atoms with E-state index in [4.69, 9.17) is 9.47 Å². The standard InChI is InChI=1S/C21H17NO2/c1-23-20-10-9-18(13-21(20)24-2)19(14-22)12-15-7-8-16-5-3-4-6-17(16)11-15/h3-13H,1-2H3. The quantitative estimate of drug-likeness (QED) is 0.507. The van der Waals surface area contributed by atoms with Gasteiger partial charge in [-0.3, -0.25) is 0 Å². The van der Waals surface area contributed by atoms with Crippen LogP contribution in [-0.4, -0.2) is 14.2 Å². The minimum Gasteiger partial charge on any atom is -0.493 e. The van der Waals surface area contributed by atoms with E-state index in [0.29, 0.717) is 17.1 Å². The summed E-state index contributed by atoms with van der Waals surface area (Å²) in [4.78, 5) is 0. The van der Waals surface area contributed by atoms with Gasteiger partial charge in [-0.05, 0) is 52.2 Å². The highest BCUT2D eigenvalue weighted by Crippen LogP contribution is 2.31. The lowest BCUT2D eigenvalue weighted by Gasteiger charge is -2.09. The number of hydrogen-bond donors (Lipinski definition) is 0. The molecule has 0 N–H and O–H groups in total. The van der Waals surface area contributed by atoms with E-state index in [1.807, 2.05) is 36.4 Å². The fourth-order valence-corrected chi connectivity index (χ4v) is 2.65. The predicted molar refractivity (Wildman–Crippen MR) is 97.0 cm³/mol. The summed E-state index contributed by atoms with van der Waals surface area (Å²) in [6, 6.07) is 22.1. The molecule has 3 heteroatoms. The van der Waals surface area contributed by atoms with Crippen LogP contribution in [0.15, 0.2) is 60.7 Å². The molecule has 3 rings (SSSR count). The minimum atomic E-state index is 0.575. The normalized spacial score (nSPS) is 11.1. The summed E-state index contributed by atoms with van der Waals surface area (Å²) in [5, 5.41) is 11.9. The minimum absolute atomic E-state index is 0.575.